The van der Waals surface area contributed by atoms with E-state index in [-0.39, 0.29) is 0 Å². The van der Waals surface area contributed by atoms with Gasteiger partial charge in [0.25, 0.3) is 0 Å². The summed E-state index contributed by atoms with van der Waals surface area (Å²) in [6.07, 6.45) is 6.21. The summed E-state index contributed by atoms with van der Waals surface area (Å²) < 4.78 is 5.36. The number of likely N-dealkylation sites (N-methyl/N-ethyl adjacent to an activating group) is 1. The molecule has 5 rings (SSSR count). The third-order valence-electron chi connectivity index (χ3n) is 6.67. The average Bonchev–Trinajstić information content (AvgIpc) is 3.40. The number of nitrogens with one attached hydrogen (secondary N) is 1. The minimum atomic E-state index is 0.462. The fraction of sp³-hybridized carbons (Fsp3) is 0.565. The second-order valence-corrected chi connectivity index (χ2v) is 9.68. The van der Waals surface area contributed by atoms with Crippen LogP contribution in [0.25, 0.3) is 0 Å². The molecule has 1 unspecified atom stereocenters. The molecule has 0 amide bonds. The molecule has 0 radical (unpaired) electrons. The summed E-state index contributed by atoms with van der Waals surface area (Å²) in [6, 6.07) is 8.80. The van der Waals surface area contributed by atoms with Gasteiger partial charge in [0, 0.05) is 45.3 Å². The molecule has 0 spiro atoms. The van der Waals surface area contributed by atoms with Crippen LogP contribution in [-0.2, 0) is 4.74 Å². The lowest BCUT2D eigenvalue weighted by molar-refractivity contribution is 0.100. The first-order chi connectivity index (χ1) is 14.7. The summed E-state index contributed by atoms with van der Waals surface area (Å²) in [6.45, 7) is 3.73. The largest absolute Gasteiger partial charge is 0.385 e. The molecule has 0 bridgehead atoms. The van der Waals surface area contributed by atoms with Gasteiger partial charge in [0.05, 0.1) is 16.4 Å². The summed E-state index contributed by atoms with van der Waals surface area (Å²) in [5, 5.41) is 6.08. The number of fused-ring (bicyclic) bond motifs is 2. The van der Waals surface area contributed by atoms with Gasteiger partial charge in [-0.15, -0.1) is 11.3 Å². The van der Waals surface area contributed by atoms with E-state index in [0.717, 1.165) is 60.6 Å². The molecular formula is C23H31N5OS. The maximum Gasteiger partial charge on any atom is 0.158 e. The van der Waals surface area contributed by atoms with Crippen LogP contribution in [0, 0.1) is 0 Å². The Hall–Kier alpha value is -1.96. The van der Waals surface area contributed by atoms with Crippen molar-refractivity contribution in [3.8, 4) is 0 Å². The quantitative estimate of drug-likeness (QED) is 0.777. The highest BCUT2D eigenvalue weighted by molar-refractivity contribution is 7.16. The number of aliphatic imine (C=N–C) groups is 1. The molecule has 1 saturated heterocycles. The fourth-order valence-electron chi connectivity index (χ4n) is 4.81. The monoisotopic (exact) mass is 425 g/mol. The predicted molar refractivity (Wildman–Crippen MR) is 124 cm³/mol. The van der Waals surface area contributed by atoms with Crippen molar-refractivity contribution in [2.24, 2.45) is 4.99 Å². The molecule has 1 atom stereocenters. The first kappa shape index (κ1) is 20.0. The van der Waals surface area contributed by atoms with Gasteiger partial charge in [0.2, 0.25) is 0 Å². The van der Waals surface area contributed by atoms with Crippen LogP contribution in [-0.4, -0.2) is 67.1 Å². The van der Waals surface area contributed by atoms with Crippen LogP contribution >= 0.6 is 11.3 Å². The second-order valence-electron chi connectivity index (χ2n) is 8.65. The SMILES string of the molecule is COCCC1CN(C2=Nc3ccccc3Nc3sc(C4CCCC4)nc32)CCN1C. The highest BCUT2D eigenvalue weighted by atomic mass is 32.1. The molecule has 7 heteroatoms. The Morgan fingerprint density at radius 3 is 2.87 bits per heavy atom. The molecule has 1 aliphatic carbocycles. The molecule has 1 aromatic heterocycles. The van der Waals surface area contributed by atoms with E-state index in [9.17, 15) is 0 Å². The summed E-state index contributed by atoms with van der Waals surface area (Å²) >= 11 is 1.83. The van der Waals surface area contributed by atoms with E-state index in [1.807, 2.05) is 11.3 Å². The molecule has 1 N–H and O–H groups in total. The molecule has 3 heterocycles. The van der Waals surface area contributed by atoms with Crippen LogP contribution in [0.2, 0.25) is 0 Å². The fourth-order valence-corrected chi connectivity index (χ4v) is 5.95. The smallest absolute Gasteiger partial charge is 0.158 e. The van der Waals surface area contributed by atoms with Gasteiger partial charge >= 0.3 is 0 Å². The Labute approximate surface area is 183 Å². The zero-order valence-corrected chi connectivity index (χ0v) is 18.7. The number of piperazine rings is 1. The summed E-state index contributed by atoms with van der Waals surface area (Å²) in [5.41, 5.74) is 3.10. The minimum Gasteiger partial charge on any atom is -0.385 e. The van der Waals surface area contributed by atoms with Crippen molar-refractivity contribution in [2.45, 2.75) is 44.1 Å². The number of para-hydroxylation sites is 2. The van der Waals surface area contributed by atoms with Crippen molar-refractivity contribution in [3.05, 3.63) is 35.0 Å². The molecule has 2 fully saturated rings. The minimum absolute atomic E-state index is 0.462. The van der Waals surface area contributed by atoms with Crippen molar-refractivity contribution >= 4 is 33.5 Å². The topological polar surface area (TPSA) is 53.0 Å². The molecule has 30 heavy (non-hydrogen) atoms. The van der Waals surface area contributed by atoms with Crippen LogP contribution in [0.1, 0.15) is 48.7 Å². The van der Waals surface area contributed by atoms with Gasteiger partial charge in [-0.2, -0.15) is 0 Å². The summed E-state index contributed by atoms with van der Waals surface area (Å²) in [5.74, 6) is 1.64. The van der Waals surface area contributed by atoms with E-state index in [1.165, 1.54) is 30.7 Å². The summed E-state index contributed by atoms with van der Waals surface area (Å²) in [7, 11) is 4.00. The maximum absolute atomic E-state index is 5.36. The number of nitrogens with zero attached hydrogens (tertiary/aromatic N) is 4. The average molecular weight is 426 g/mol. The number of anilines is 2. The number of methoxy groups -OCH3 is 1. The van der Waals surface area contributed by atoms with Crippen molar-refractivity contribution in [3.63, 3.8) is 0 Å². The predicted octanol–water partition coefficient (Wildman–Crippen LogP) is 4.59. The number of hydrogen-bond donors (Lipinski definition) is 1. The highest BCUT2D eigenvalue weighted by Crippen LogP contribution is 2.43. The molecule has 160 valence electrons. The van der Waals surface area contributed by atoms with Gasteiger partial charge < -0.3 is 15.0 Å². The number of hydrogen-bond acceptors (Lipinski definition) is 7. The van der Waals surface area contributed by atoms with Crippen molar-refractivity contribution in [1.82, 2.24) is 14.8 Å². The molecule has 6 nitrogen and oxygen atoms in total. The van der Waals surface area contributed by atoms with E-state index in [0.29, 0.717) is 12.0 Å². The van der Waals surface area contributed by atoms with Gasteiger partial charge in [-0.3, -0.25) is 4.90 Å². The lowest BCUT2D eigenvalue weighted by Gasteiger charge is -2.40. The van der Waals surface area contributed by atoms with Crippen molar-refractivity contribution in [1.29, 1.82) is 0 Å². The number of benzene rings is 1. The molecule has 1 saturated carbocycles. The van der Waals surface area contributed by atoms with Gasteiger partial charge in [-0.25, -0.2) is 9.98 Å². The third kappa shape index (κ3) is 3.86. The number of aromatic nitrogens is 1. The van der Waals surface area contributed by atoms with Gasteiger partial charge in [-0.1, -0.05) is 25.0 Å². The Kier molecular flexibility index (Phi) is 5.76. The first-order valence-corrected chi connectivity index (χ1v) is 11.9. The van der Waals surface area contributed by atoms with Crippen LogP contribution in [0.4, 0.5) is 16.4 Å². The normalized spacial score (nSPS) is 22.3. The number of thiazole rings is 1. The molecule has 2 aliphatic heterocycles. The number of rotatable bonds is 4. The van der Waals surface area contributed by atoms with Crippen LogP contribution in [0.3, 0.4) is 0 Å². The van der Waals surface area contributed by atoms with Gasteiger partial charge in [-0.05, 0) is 38.4 Å². The Morgan fingerprint density at radius 1 is 1.20 bits per heavy atom. The lowest BCUT2D eigenvalue weighted by atomic mass is 10.1. The molecule has 1 aromatic carbocycles. The Morgan fingerprint density at radius 2 is 2.03 bits per heavy atom. The van der Waals surface area contributed by atoms with Crippen LogP contribution in [0.15, 0.2) is 29.3 Å². The van der Waals surface area contributed by atoms with Crippen molar-refractivity contribution < 1.29 is 4.74 Å². The van der Waals surface area contributed by atoms with E-state index in [1.54, 1.807) is 7.11 Å². The standard InChI is InChI=1S/C23H31N5OS/c1-27-12-13-28(15-17(27)11-14-29-2)21-20-23(25-19-10-6-5-9-18(19)24-21)30-22(26-20)16-7-3-4-8-16/h5-6,9-10,16-17,25H,3-4,7-8,11-15H2,1-2H3. The van der Waals surface area contributed by atoms with Gasteiger partial charge in [0.15, 0.2) is 5.84 Å². The Bertz CT molecular complexity index is 920. The third-order valence-corrected chi connectivity index (χ3v) is 7.80. The van der Waals surface area contributed by atoms with Crippen LogP contribution < -0.4 is 5.32 Å². The molecule has 3 aliphatic rings. The molecular weight excluding hydrogens is 394 g/mol. The summed E-state index contributed by atoms with van der Waals surface area (Å²) in [4.78, 5) is 15.2. The maximum atomic E-state index is 5.36. The van der Waals surface area contributed by atoms with Crippen molar-refractivity contribution in [2.75, 3.05) is 45.7 Å². The zero-order valence-electron chi connectivity index (χ0n) is 17.9. The second kappa shape index (κ2) is 8.65. The van der Waals surface area contributed by atoms with Crippen LogP contribution in [0.5, 0.6) is 0 Å². The number of amidine groups is 1. The number of ether oxygens (including phenoxy) is 1. The van der Waals surface area contributed by atoms with Gasteiger partial charge in [0.1, 0.15) is 10.7 Å². The zero-order chi connectivity index (χ0) is 20.5. The first-order valence-electron chi connectivity index (χ1n) is 11.1. The van der Waals surface area contributed by atoms with E-state index in [2.05, 4.69) is 46.4 Å². The highest BCUT2D eigenvalue weighted by Gasteiger charge is 2.32. The Balaban J connectivity index is 1.51. The lowest BCUT2D eigenvalue weighted by Crippen LogP contribution is -2.53. The van der Waals surface area contributed by atoms with E-state index < -0.39 is 0 Å². The van der Waals surface area contributed by atoms with E-state index in [4.69, 9.17) is 14.7 Å². The molecule has 2 aromatic rings. The van der Waals surface area contributed by atoms with E-state index >= 15 is 0 Å².